The number of piperidine rings is 1. The summed E-state index contributed by atoms with van der Waals surface area (Å²) in [5, 5.41) is 3.66. The predicted molar refractivity (Wildman–Crippen MR) is 75.2 cm³/mol. The van der Waals surface area contributed by atoms with E-state index in [0.29, 0.717) is 6.04 Å². The van der Waals surface area contributed by atoms with Crippen molar-refractivity contribution in [1.29, 1.82) is 0 Å². The van der Waals surface area contributed by atoms with Gasteiger partial charge < -0.3 is 15.0 Å². The number of hydrogen-bond acceptors (Lipinski definition) is 3. The molecule has 18 heavy (non-hydrogen) atoms. The van der Waals surface area contributed by atoms with Gasteiger partial charge in [0.25, 0.3) is 0 Å². The van der Waals surface area contributed by atoms with Crippen molar-refractivity contribution in [1.82, 2.24) is 10.2 Å². The van der Waals surface area contributed by atoms with E-state index < -0.39 is 0 Å². The van der Waals surface area contributed by atoms with E-state index in [1.165, 1.54) is 31.5 Å². The minimum atomic E-state index is 0.708. The Morgan fingerprint density at radius 1 is 1.22 bits per heavy atom. The highest BCUT2D eigenvalue weighted by Gasteiger charge is 2.15. The lowest BCUT2D eigenvalue weighted by molar-refractivity contribution is 0.235. The monoisotopic (exact) mass is 248 g/mol. The van der Waals surface area contributed by atoms with Crippen molar-refractivity contribution in [2.45, 2.75) is 25.3 Å². The van der Waals surface area contributed by atoms with E-state index in [2.05, 4.69) is 29.4 Å². The van der Waals surface area contributed by atoms with Crippen molar-refractivity contribution in [3.05, 3.63) is 29.8 Å². The van der Waals surface area contributed by atoms with Crippen molar-refractivity contribution >= 4 is 0 Å². The minimum absolute atomic E-state index is 0.708. The van der Waals surface area contributed by atoms with Crippen molar-refractivity contribution in [3.63, 3.8) is 0 Å². The van der Waals surface area contributed by atoms with Crippen LogP contribution in [0.3, 0.4) is 0 Å². The van der Waals surface area contributed by atoms with Gasteiger partial charge in [0.15, 0.2) is 0 Å². The van der Waals surface area contributed by atoms with Crippen LogP contribution in [-0.4, -0.2) is 44.7 Å². The summed E-state index contributed by atoms with van der Waals surface area (Å²) >= 11 is 0. The van der Waals surface area contributed by atoms with Gasteiger partial charge in [-0.15, -0.1) is 0 Å². The molecule has 0 bridgehead atoms. The first-order chi connectivity index (χ1) is 8.78. The van der Waals surface area contributed by atoms with Gasteiger partial charge >= 0.3 is 0 Å². The zero-order valence-electron chi connectivity index (χ0n) is 11.5. The van der Waals surface area contributed by atoms with Crippen LogP contribution in [0.15, 0.2) is 24.3 Å². The zero-order chi connectivity index (χ0) is 12.8. The number of likely N-dealkylation sites (tertiary alicyclic amines) is 1. The molecule has 0 radical (unpaired) electrons. The van der Waals surface area contributed by atoms with Crippen LogP contribution in [0, 0.1) is 0 Å². The predicted octanol–water partition coefficient (Wildman–Crippen LogP) is 1.92. The molecule has 1 fully saturated rings. The second-order valence-corrected chi connectivity index (χ2v) is 5.13. The number of nitrogens with zero attached hydrogens (tertiary/aromatic N) is 1. The summed E-state index contributed by atoms with van der Waals surface area (Å²) in [5.41, 5.74) is 1.37. The largest absolute Gasteiger partial charge is 0.497 e. The molecule has 0 spiro atoms. The van der Waals surface area contributed by atoms with Crippen LogP contribution in [-0.2, 0) is 6.42 Å². The maximum atomic E-state index is 5.16. The Labute approximate surface area is 110 Å². The van der Waals surface area contributed by atoms with Crippen LogP contribution in [0.1, 0.15) is 18.4 Å². The van der Waals surface area contributed by atoms with E-state index in [1.807, 2.05) is 12.1 Å². The number of methoxy groups -OCH3 is 1. The number of nitrogens with one attached hydrogen (secondary N) is 1. The van der Waals surface area contributed by atoms with Gasteiger partial charge in [0.2, 0.25) is 0 Å². The zero-order valence-corrected chi connectivity index (χ0v) is 11.5. The van der Waals surface area contributed by atoms with Gasteiger partial charge in [0.05, 0.1) is 7.11 Å². The van der Waals surface area contributed by atoms with E-state index in [4.69, 9.17) is 4.74 Å². The van der Waals surface area contributed by atoms with Gasteiger partial charge in [-0.2, -0.15) is 0 Å². The van der Waals surface area contributed by atoms with Crippen molar-refractivity contribution in [2.24, 2.45) is 0 Å². The molecule has 1 saturated heterocycles. The Kier molecular flexibility index (Phi) is 5.02. The number of rotatable bonds is 5. The molecule has 3 heteroatoms. The van der Waals surface area contributed by atoms with Crippen LogP contribution >= 0.6 is 0 Å². The standard InChI is InChI=1S/C15H24N2O/c1-17-11-8-14(9-12-17)16-10-7-13-3-5-15(18-2)6-4-13/h3-6,14,16H,7-12H2,1-2H3. The third-order valence-electron chi connectivity index (χ3n) is 3.72. The third kappa shape index (κ3) is 4.00. The summed E-state index contributed by atoms with van der Waals surface area (Å²) in [4.78, 5) is 2.40. The molecule has 0 saturated carbocycles. The average molecular weight is 248 g/mol. The van der Waals surface area contributed by atoms with Gasteiger partial charge in [-0.1, -0.05) is 12.1 Å². The highest BCUT2D eigenvalue weighted by atomic mass is 16.5. The molecule has 100 valence electrons. The summed E-state index contributed by atoms with van der Waals surface area (Å²) in [6, 6.07) is 9.07. The number of benzene rings is 1. The van der Waals surface area contributed by atoms with E-state index in [9.17, 15) is 0 Å². The molecular formula is C15H24N2O. The number of ether oxygens (including phenoxy) is 1. The molecule has 2 rings (SSSR count). The maximum Gasteiger partial charge on any atom is 0.118 e. The molecule has 1 aromatic rings. The number of hydrogen-bond donors (Lipinski definition) is 1. The summed E-state index contributed by atoms with van der Waals surface area (Å²) in [6.07, 6.45) is 3.65. The third-order valence-corrected chi connectivity index (χ3v) is 3.72. The SMILES string of the molecule is COc1ccc(CCNC2CCN(C)CC2)cc1. The lowest BCUT2D eigenvalue weighted by Gasteiger charge is -2.29. The van der Waals surface area contributed by atoms with E-state index in [-0.39, 0.29) is 0 Å². The summed E-state index contributed by atoms with van der Waals surface area (Å²) < 4.78 is 5.16. The Bertz CT molecular complexity index is 342. The molecule has 0 aromatic heterocycles. The topological polar surface area (TPSA) is 24.5 Å². The molecule has 1 aromatic carbocycles. The molecular weight excluding hydrogens is 224 g/mol. The lowest BCUT2D eigenvalue weighted by Crippen LogP contribution is -2.41. The Morgan fingerprint density at radius 3 is 2.50 bits per heavy atom. The molecule has 1 N–H and O–H groups in total. The Balaban J connectivity index is 1.68. The minimum Gasteiger partial charge on any atom is -0.497 e. The van der Waals surface area contributed by atoms with Crippen LogP contribution in [0.2, 0.25) is 0 Å². The molecule has 1 aliphatic rings. The molecule has 1 aliphatic heterocycles. The molecule has 0 amide bonds. The fraction of sp³-hybridized carbons (Fsp3) is 0.600. The summed E-state index contributed by atoms with van der Waals surface area (Å²) in [7, 11) is 3.91. The first-order valence-corrected chi connectivity index (χ1v) is 6.83. The Morgan fingerprint density at radius 2 is 1.89 bits per heavy atom. The fourth-order valence-electron chi connectivity index (χ4n) is 2.43. The molecule has 3 nitrogen and oxygen atoms in total. The first kappa shape index (κ1) is 13.4. The molecule has 0 unspecified atom stereocenters. The summed E-state index contributed by atoms with van der Waals surface area (Å²) in [5.74, 6) is 0.932. The fourth-order valence-corrected chi connectivity index (χ4v) is 2.43. The van der Waals surface area contributed by atoms with Gasteiger partial charge in [0, 0.05) is 6.04 Å². The van der Waals surface area contributed by atoms with Crippen LogP contribution in [0.4, 0.5) is 0 Å². The molecule has 0 atom stereocenters. The van der Waals surface area contributed by atoms with Gasteiger partial charge in [-0.25, -0.2) is 0 Å². The highest BCUT2D eigenvalue weighted by Crippen LogP contribution is 2.12. The maximum absolute atomic E-state index is 5.16. The smallest absolute Gasteiger partial charge is 0.118 e. The van der Waals surface area contributed by atoms with Crippen molar-refractivity contribution in [3.8, 4) is 5.75 Å². The van der Waals surface area contributed by atoms with E-state index in [1.54, 1.807) is 7.11 Å². The first-order valence-electron chi connectivity index (χ1n) is 6.83. The highest BCUT2D eigenvalue weighted by molar-refractivity contribution is 5.27. The normalized spacial score (nSPS) is 17.9. The quantitative estimate of drug-likeness (QED) is 0.861. The van der Waals surface area contributed by atoms with Gasteiger partial charge in [0.1, 0.15) is 5.75 Å². The van der Waals surface area contributed by atoms with E-state index >= 15 is 0 Å². The Hall–Kier alpha value is -1.06. The van der Waals surface area contributed by atoms with Crippen molar-refractivity contribution in [2.75, 3.05) is 33.8 Å². The van der Waals surface area contributed by atoms with E-state index in [0.717, 1.165) is 18.7 Å². The average Bonchev–Trinajstić information content (AvgIpc) is 2.42. The molecule has 1 heterocycles. The van der Waals surface area contributed by atoms with Crippen molar-refractivity contribution < 1.29 is 4.74 Å². The lowest BCUT2D eigenvalue weighted by atomic mass is 10.1. The second-order valence-electron chi connectivity index (χ2n) is 5.13. The second kappa shape index (κ2) is 6.76. The van der Waals surface area contributed by atoms with Crippen LogP contribution < -0.4 is 10.1 Å². The van der Waals surface area contributed by atoms with Crippen LogP contribution in [0.5, 0.6) is 5.75 Å². The van der Waals surface area contributed by atoms with Crippen LogP contribution in [0.25, 0.3) is 0 Å². The van der Waals surface area contributed by atoms with Gasteiger partial charge in [-0.05, 0) is 63.6 Å². The van der Waals surface area contributed by atoms with Gasteiger partial charge in [-0.3, -0.25) is 0 Å². The molecule has 0 aliphatic carbocycles. The summed E-state index contributed by atoms with van der Waals surface area (Å²) in [6.45, 7) is 3.51.